The molecule has 1 fully saturated rings. The molecule has 0 aromatic carbocycles. The van der Waals surface area contributed by atoms with E-state index in [1.54, 1.807) is 12.4 Å². The number of pyridine rings is 1. The highest BCUT2D eigenvalue weighted by Crippen LogP contribution is 2.43. The van der Waals surface area contributed by atoms with Gasteiger partial charge in [-0.1, -0.05) is 5.16 Å². The van der Waals surface area contributed by atoms with E-state index in [1.165, 1.54) is 6.42 Å². The summed E-state index contributed by atoms with van der Waals surface area (Å²) >= 11 is 0. The summed E-state index contributed by atoms with van der Waals surface area (Å²) in [6.07, 6.45) is 7.81. The molecule has 2 aliphatic rings. The van der Waals surface area contributed by atoms with E-state index in [0.717, 1.165) is 48.1 Å². The maximum absolute atomic E-state index is 6.29. The quantitative estimate of drug-likeness (QED) is 0.907. The van der Waals surface area contributed by atoms with Gasteiger partial charge in [0.15, 0.2) is 5.65 Å². The van der Waals surface area contributed by atoms with E-state index in [-0.39, 0.29) is 5.60 Å². The highest BCUT2D eigenvalue weighted by atomic mass is 16.7. The molecule has 2 aromatic rings. The molecule has 6 heteroatoms. The van der Waals surface area contributed by atoms with Crippen LogP contribution in [0.3, 0.4) is 0 Å². The SMILES string of the molecule is CCn1ncc2c(N)c(C3=NOC4(CCC4)C3)cnc21. The summed E-state index contributed by atoms with van der Waals surface area (Å²) in [5, 5.41) is 9.44. The van der Waals surface area contributed by atoms with E-state index in [4.69, 9.17) is 10.6 Å². The van der Waals surface area contributed by atoms with Gasteiger partial charge in [0.25, 0.3) is 0 Å². The van der Waals surface area contributed by atoms with Gasteiger partial charge in [-0.25, -0.2) is 9.67 Å². The predicted molar refractivity (Wildman–Crippen MR) is 76.4 cm³/mol. The maximum atomic E-state index is 6.29. The van der Waals surface area contributed by atoms with Gasteiger partial charge in [-0.15, -0.1) is 0 Å². The van der Waals surface area contributed by atoms with Crippen molar-refractivity contribution in [1.82, 2.24) is 14.8 Å². The largest absolute Gasteiger partial charge is 0.397 e. The third-order valence-corrected chi connectivity index (χ3v) is 4.42. The zero-order chi connectivity index (χ0) is 13.7. The predicted octanol–water partition coefficient (Wildman–Crippen LogP) is 2.08. The normalized spacial score (nSPS) is 19.9. The van der Waals surface area contributed by atoms with Crippen molar-refractivity contribution in [2.24, 2.45) is 5.16 Å². The number of aromatic nitrogens is 3. The fourth-order valence-electron chi connectivity index (χ4n) is 3.01. The molecule has 0 bridgehead atoms. The van der Waals surface area contributed by atoms with Crippen LogP contribution < -0.4 is 5.73 Å². The van der Waals surface area contributed by atoms with Crippen LogP contribution in [-0.4, -0.2) is 26.1 Å². The third kappa shape index (κ3) is 1.47. The van der Waals surface area contributed by atoms with E-state index < -0.39 is 0 Å². The molecule has 0 unspecified atom stereocenters. The molecule has 1 saturated carbocycles. The van der Waals surface area contributed by atoms with Gasteiger partial charge in [-0.2, -0.15) is 5.10 Å². The summed E-state index contributed by atoms with van der Waals surface area (Å²) in [6, 6.07) is 0. The number of nitrogens with zero attached hydrogens (tertiary/aromatic N) is 4. The van der Waals surface area contributed by atoms with Crippen molar-refractivity contribution in [3.8, 4) is 0 Å². The lowest BCUT2D eigenvalue weighted by Gasteiger charge is -2.34. The van der Waals surface area contributed by atoms with Crippen LogP contribution in [-0.2, 0) is 11.4 Å². The summed E-state index contributed by atoms with van der Waals surface area (Å²) in [5.74, 6) is 0. The summed E-state index contributed by atoms with van der Waals surface area (Å²) in [7, 11) is 0. The molecule has 1 aliphatic heterocycles. The van der Waals surface area contributed by atoms with E-state index >= 15 is 0 Å². The van der Waals surface area contributed by atoms with Crippen LogP contribution in [0.2, 0.25) is 0 Å². The van der Waals surface area contributed by atoms with Gasteiger partial charge in [0.05, 0.1) is 23.0 Å². The van der Waals surface area contributed by atoms with Crippen LogP contribution in [0.25, 0.3) is 11.0 Å². The molecule has 0 amide bonds. The molecule has 20 heavy (non-hydrogen) atoms. The minimum Gasteiger partial charge on any atom is -0.397 e. The van der Waals surface area contributed by atoms with Gasteiger partial charge >= 0.3 is 0 Å². The van der Waals surface area contributed by atoms with E-state index in [2.05, 4.69) is 15.2 Å². The monoisotopic (exact) mass is 271 g/mol. The number of hydrogen-bond acceptors (Lipinski definition) is 5. The Morgan fingerprint density at radius 2 is 2.25 bits per heavy atom. The number of hydrogen-bond donors (Lipinski definition) is 1. The summed E-state index contributed by atoms with van der Waals surface area (Å²) in [4.78, 5) is 10.1. The van der Waals surface area contributed by atoms with Crippen LogP contribution in [0.15, 0.2) is 17.5 Å². The number of aryl methyl sites for hydroxylation is 1. The fourth-order valence-corrected chi connectivity index (χ4v) is 3.01. The Balaban J connectivity index is 1.76. The summed E-state index contributed by atoms with van der Waals surface area (Å²) in [6.45, 7) is 2.82. The average Bonchev–Trinajstić information content (AvgIpc) is 3.02. The molecule has 2 aromatic heterocycles. The minimum absolute atomic E-state index is 0.0513. The lowest BCUT2D eigenvalue weighted by atomic mass is 9.76. The van der Waals surface area contributed by atoms with Crippen molar-refractivity contribution in [2.45, 2.75) is 44.8 Å². The molecular formula is C14H17N5O. The number of rotatable bonds is 2. The molecule has 1 spiro atoms. The van der Waals surface area contributed by atoms with Gasteiger partial charge in [0.2, 0.25) is 0 Å². The first-order valence-electron chi connectivity index (χ1n) is 7.08. The fraction of sp³-hybridized carbons (Fsp3) is 0.500. The number of nitrogens with two attached hydrogens (primary N) is 1. The number of fused-ring (bicyclic) bond motifs is 1. The first kappa shape index (κ1) is 11.7. The van der Waals surface area contributed by atoms with Crippen LogP contribution >= 0.6 is 0 Å². The van der Waals surface area contributed by atoms with E-state index in [9.17, 15) is 0 Å². The van der Waals surface area contributed by atoms with Crippen molar-refractivity contribution < 1.29 is 4.84 Å². The zero-order valence-electron chi connectivity index (χ0n) is 11.5. The van der Waals surface area contributed by atoms with Gasteiger partial charge in [0, 0.05) is 24.7 Å². The Hall–Kier alpha value is -2.11. The van der Waals surface area contributed by atoms with Crippen molar-refractivity contribution in [1.29, 1.82) is 0 Å². The second kappa shape index (κ2) is 3.94. The maximum Gasteiger partial charge on any atom is 0.159 e. The molecule has 2 N–H and O–H groups in total. The average molecular weight is 271 g/mol. The highest BCUT2D eigenvalue weighted by molar-refractivity contribution is 6.10. The Bertz CT molecular complexity index is 714. The third-order valence-electron chi connectivity index (χ3n) is 4.42. The molecule has 0 atom stereocenters. The first-order valence-corrected chi connectivity index (χ1v) is 7.08. The second-order valence-electron chi connectivity index (χ2n) is 5.63. The van der Waals surface area contributed by atoms with Gasteiger partial charge in [-0.05, 0) is 26.2 Å². The Morgan fingerprint density at radius 3 is 2.90 bits per heavy atom. The van der Waals surface area contributed by atoms with Crippen molar-refractivity contribution >= 4 is 22.4 Å². The Morgan fingerprint density at radius 1 is 1.40 bits per heavy atom. The minimum atomic E-state index is -0.0513. The van der Waals surface area contributed by atoms with Crippen molar-refractivity contribution in [3.63, 3.8) is 0 Å². The van der Waals surface area contributed by atoms with Gasteiger partial charge in [0.1, 0.15) is 5.60 Å². The zero-order valence-corrected chi connectivity index (χ0v) is 11.5. The first-order chi connectivity index (χ1) is 9.72. The Labute approximate surface area is 116 Å². The summed E-state index contributed by atoms with van der Waals surface area (Å²) in [5.41, 5.74) is 9.57. The molecule has 0 radical (unpaired) electrons. The van der Waals surface area contributed by atoms with E-state index in [1.807, 2.05) is 11.6 Å². The number of oxime groups is 1. The molecule has 104 valence electrons. The smallest absolute Gasteiger partial charge is 0.159 e. The van der Waals surface area contributed by atoms with Gasteiger partial charge in [-0.3, -0.25) is 0 Å². The van der Waals surface area contributed by atoms with Crippen LogP contribution in [0.4, 0.5) is 5.69 Å². The second-order valence-corrected chi connectivity index (χ2v) is 5.63. The molecule has 0 saturated heterocycles. The van der Waals surface area contributed by atoms with Crippen LogP contribution in [0.1, 0.15) is 38.2 Å². The Kier molecular flexibility index (Phi) is 2.31. The van der Waals surface area contributed by atoms with E-state index in [0.29, 0.717) is 5.69 Å². The summed E-state index contributed by atoms with van der Waals surface area (Å²) < 4.78 is 1.84. The molecular weight excluding hydrogens is 254 g/mol. The lowest BCUT2D eigenvalue weighted by molar-refractivity contribution is -0.0755. The topological polar surface area (TPSA) is 78.3 Å². The molecule has 6 nitrogen and oxygen atoms in total. The molecule has 3 heterocycles. The van der Waals surface area contributed by atoms with Gasteiger partial charge < -0.3 is 10.6 Å². The number of anilines is 1. The molecule has 1 aliphatic carbocycles. The molecule has 4 rings (SSSR count). The van der Waals surface area contributed by atoms with Crippen LogP contribution in [0, 0.1) is 0 Å². The van der Waals surface area contributed by atoms with Crippen molar-refractivity contribution in [3.05, 3.63) is 18.0 Å². The highest BCUT2D eigenvalue weighted by Gasteiger charge is 2.45. The van der Waals surface area contributed by atoms with Crippen LogP contribution in [0.5, 0.6) is 0 Å². The number of nitrogen functional groups attached to an aromatic ring is 1. The van der Waals surface area contributed by atoms with Crippen molar-refractivity contribution in [2.75, 3.05) is 5.73 Å². The lowest BCUT2D eigenvalue weighted by Crippen LogP contribution is -2.37. The standard InChI is InChI=1S/C14H17N5O/c1-2-19-13-10(8-17-19)12(15)9(7-16-13)11-6-14(20-18-11)4-3-5-14/h7-8H,2-6H2,1H3,(H2,15,16).